The van der Waals surface area contributed by atoms with Gasteiger partial charge in [-0.2, -0.15) is 10.1 Å². The van der Waals surface area contributed by atoms with E-state index in [1.165, 1.54) is 25.7 Å². The Bertz CT molecular complexity index is 2830. The number of aromatic amines is 2. The highest BCUT2D eigenvalue weighted by atomic mass is 16.5. The summed E-state index contributed by atoms with van der Waals surface area (Å²) in [6, 6.07) is 15.8. The van der Waals surface area contributed by atoms with Crippen molar-refractivity contribution in [3.63, 3.8) is 0 Å². The topological polar surface area (TPSA) is 226 Å². The molecule has 362 valence electrons. The standard InChI is InChI=1S/C50H62N14O5/c65-42(66)29-33-19-24-62(25-20-33)37-15-11-35(12-16-37)53-46-44-40(55-45(57-46)34-9-5-1-2-6-10-34)31-64(60-49(44)68)41-32-61(26-21-51-41)27-28-69-38-17-13-36(14-18-38)54-47-43-39(30-52-59-48(43)67)56-50(58-47)63-22-7-3-4-8-23-63/h11-18,30-31,33-34,41,51H,1-10,19-29,32H2,(H4-,53,54,55,56,57,58,59,60,65,66,67,68)/p+1. The predicted octanol–water partition coefficient (Wildman–Crippen LogP) is 6.11. The molecule has 10 rings (SSSR count). The van der Waals surface area contributed by atoms with Crippen molar-refractivity contribution in [3.8, 4) is 5.75 Å². The van der Waals surface area contributed by atoms with Crippen LogP contribution in [0.1, 0.15) is 101 Å². The smallest absolute Gasteiger partial charge is 0.311 e. The highest BCUT2D eigenvalue weighted by Crippen LogP contribution is 2.33. The van der Waals surface area contributed by atoms with Gasteiger partial charge in [-0.3, -0.25) is 24.6 Å². The van der Waals surface area contributed by atoms with Gasteiger partial charge in [-0.05, 0) is 93.0 Å². The van der Waals surface area contributed by atoms with E-state index in [4.69, 9.17) is 24.7 Å². The van der Waals surface area contributed by atoms with Gasteiger partial charge in [0.05, 0.1) is 12.7 Å². The number of nitrogens with one attached hydrogen (secondary N) is 5. The zero-order chi connectivity index (χ0) is 47.1. The molecule has 3 saturated heterocycles. The largest absolute Gasteiger partial charge is 0.492 e. The van der Waals surface area contributed by atoms with Gasteiger partial charge in [0, 0.05) is 75.2 Å². The Balaban J connectivity index is 0.799. The number of nitrogens with zero attached hydrogens (tertiary/aromatic N) is 9. The maximum Gasteiger partial charge on any atom is 0.311 e. The second-order valence-corrected chi connectivity index (χ2v) is 19.1. The molecule has 0 bridgehead atoms. The number of aromatic nitrogens is 8. The number of carbonyl (C=O) groups is 1. The van der Waals surface area contributed by atoms with E-state index in [1.807, 2.05) is 47.3 Å². The van der Waals surface area contributed by atoms with Gasteiger partial charge < -0.3 is 30.3 Å². The number of hydrogen-bond donors (Lipinski definition) is 6. The molecule has 7 heterocycles. The molecule has 6 N–H and O–H groups in total. The van der Waals surface area contributed by atoms with Gasteiger partial charge in [0.2, 0.25) is 18.3 Å². The van der Waals surface area contributed by atoms with Crippen molar-refractivity contribution in [2.75, 3.05) is 79.4 Å². The highest BCUT2D eigenvalue weighted by molar-refractivity contribution is 5.91. The first-order chi connectivity index (χ1) is 33.8. The number of aliphatic carboxylic acids is 1. The van der Waals surface area contributed by atoms with Gasteiger partial charge in [0.25, 0.3) is 5.56 Å². The minimum atomic E-state index is -0.729. The molecule has 3 aliphatic heterocycles. The summed E-state index contributed by atoms with van der Waals surface area (Å²) in [6.45, 7) is 6.75. The molecule has 0 radical (unpaired) electrons. The number of piperidine rings is 1. The fourth-order valence-corrected chi connectivity index (χ4v) is 10.4. The number of carboxylic acids is 1. The quantitative estimate of drug-likeness (QED) is 0.0535. The molecule has 4 aromatic heterocycles. The van der Waals surface area contributed by atoms with Crippen LogP contribution in [0.15, 0.2) is 70.5 Å². The van der Waals surface area contributed by atoms with Gasteiger partial charge in [-0.15, -0.1) is 5.10 Å². The molecule has 1 unspecified atom stereocenters. The van der Waals surface area contributed by atoms with Crippen LogP contribution in [0.25, 0.3) is 21.8 Å². The minimum absolute atomic E-state index is 0.198. The lowest BCUT2D eigenvalue weighted by atomic mass is 9.93. The van der Waals surface area contributed by atoms with Gasteiger partial charge in [0.15, 0.2) is 0 Å². The first kappa shape index (κ1) is 46.0. The normalized spacial score (nSPS) is 19.0. The Kier molecular flexibility index (Phi) is 14.2. The van der Waals surface area contributed by atoms with E-state index in [9.17, 15) is 19.5 Å². The first-order valence-corrected chi connectivity index (χ1v) is 25.0. The van der Waals surface area contributed by atoms with Gasteiger partial charge in [-0.25, -0.2) is 20.1 Å². The van der Waals surface area contributed by atoms with E-state index in [2.05, 4.69) is 58.1 Å². The van der Waals surface area contributed by atoms with E-state index >= 15 is 0 Å². The molecule has 0 amide bonds. The van der Waals surface area contributed by atoms with Crippen LogP contribution < -0.4 is 46.3 Å². The minimum Gasteiger partial charge on any atom is -0.492 e. The summed E-state index contributed by atoms with van der Waals surface area (Å²) >= 11 is 0. The predicted molar refractivity (Wildman–Crippen MR) is 265 cm³/mol. The lowest BCUT2D eigenvalue weighted by molar-refractivity contribution is -0.783. The molecular weight excluding hydrogens is 877 g/mol. The Morgan fingerprint density at radius 1 is 0.739 bits per heavy atom. The molecule has 1 atom stereocenters. The number of fused-ring (bicyclic) bond motifs is 2. The Morgan fingerprint density at radius 2 is 1.42 bits per heavy atom. The molecule has 4 fully saturated rings. The molecule has 69 heavy (non-hydrogen) atoms. The number of hydrogen-bond acceptors (Lipinski definition) is 15. The molecule has 2 aromatic carbocycles. The lowest BCUT2D eigenvalue weighted by Gasteiger charge is -2.33. The average Bonchev–Trinajstić information content (AvgIpc) is 3.82. The van der Waals surface area contributed by atoms with Crippen LogP contribution in [-0.4, -0.2) is 110 Å². The summed E-state index contributed by atoms with van der Waals surface area (Å²) in [5, 5.41) is 30.1. The third-order valence-electron chi connectivity index (χ3n) is 14.2. The Hall–Kier alpha value is -6.73. The molecular formula is C50H63N14O5+. The zero-order valence-electron chi connectivity index (χ0n) is 39.2. The fourth-order valence-electron chi connectivity index (χ4n) is 10.4. The average molecular weight is 940 g/mol. The maximum atomic E-state index is 14.1. The third kappa shape index (κ3) is 11.1. The molecule has 1 aliphatic carbocycles. The van der Waals surface area contributed by atoms with Crippen LogP contribution in [0.3, 0.4) is 0 Å². The Labute approximate surface area is 400 Å². The number of H-pyrrole nitrogens is 2. The summed E-state index contributed by atoms with van der Waals surface area (Å²) in [5.41, 5.74) is 3.16. The third-order valence-corrected chi connectivity index (χ3v) is 14.2. The van der Waals surface area contributed by atoms with Crippen molar-refractivity contribution >= 4 is 62.4 Å². The molecule has 0 spiro atoms. The second-order valence-electron chi connectivity index (χ2n) is 19.1. The summed E-state index contributed by atoms with van der Waals surface area (Å²) in [7, 11) is 0. The van der Waals surface area contributed by atoms with Crippen LogP contribution in [0.4, 0.5) is 34.6 Å². The maximum absolute atomic E-state index is 14.1. The summed E-state index contributed by atoms with van der Waals surface area (Å²) < 4.78 is 8.09. The molecule has 6 aromatic rings. The zero-order valence-corrected chi connectivity index (χ0v) is 39.2. The van der Waals surface area contributed by atoms with E-state index in [0.717, 1.165) is 119 Å². The van der Waals surface area contributed by atoms with Crippen molar-refractivity contribution in [2.45, 2.75) is 95.6 Å². The van der Waals surface area contributed by atoms with Gasteiger partial charge in [0.1, 0.15) is 51.6 Å². The second kappa shape index (κ2) is 21.3. The number of benzene rings is 2. The van der Waals surface area contributed by atoms with Crippen LogP contribution >= 0.6 is 0 Å². The number of ether oxygens (including phenoxy) is 1. The molecule has 19 heteroatoms. The number of carboxylic acid groups (broad SMARTS) is 1. The Morgan fingerprint density at radius 3 is 2.14 bits per heavy atom. The summed E-state index contributed by atoms with van der Waals surface area (Å²) in [5.74, 6) is 2.74. The highest BCUT2D eigenvalue weighted by Gasteiger charge is 2.30. The van der Waals surface area contributed by atoms with E-state index < -0.39 is 5.97 Å². The van der Waals surface area contributed by atoms with Crippen molar-refractivity contribution in [1.82, 2.24) is 45.4 Å². The fraction of sp³-hybridized carbons (Fsp3) is 0.500. The molecule has 19 nitrogen and oxygen atoms in total. The van der Waals surface area contributed by atoms with E-state index in [0.29, 0.717) is 59.1 Å². The van der Waals surface area contributed by atoms with Crippen molar-refractivity contribution < 1.29 is 19.3 Å². The molecule has 1 saturated carbocycles. The summed E-state index contributed by atoms with van der Waals surface area (Å²) in [4.78, 5) is 64.8. The first-order valence-electron chi connectivity index (χ1n) is 25.0. The van der Waals surface area contributed by atoms with Crippen molar-refractivity contribution in [3.05, 3.63) is 87.5 Å². The van der Waals surface area contributed by atoms with Crippen LogP contribution in [0, 0.1) is 5.92 Å². The van der Waals surface area contributed by atoms with Crippen LogP contribution in [0.5, 0.6) is 5.75 Å². The summed E-state index contributed by atoms with van der Waals surface area (Å²) in [6.07, 6.45) is 16.5. The van der Waals surface area contributed by atoms with E-state index in [1.54, 1.807) is 6.20 Å². The lowest BCUT2D eigenvalue weighted by Crippen LogP contribution is -2.61. The number of rotatable bonds is 14. The van der Waals surface area contributed by atoms with Crippen molar-refractivity contribution in [2.24, 2.45) is 5.92 Å². The number of anilines is 6. The van der Waals surface area contributed by atoms with Crippen molar-refractivity contribution in [1.29, 1.82) is 0 Å². The monoisotopic (exact) mass is 940 g/mol. The van der Waals surface area contributed by atoms with Gasteiger partial charge in [-0.1, -0.05) is 43.2 Å². The van der Waals surface area contributed by atoms with Crippen LogP contribution in [-0.2, 0) is 4.79 Å². The van der Waals surface area contributed by atoms with Gasteiger partial charge >= 0.3 is 11.5 Å². The SMILES string of the molecule is O=C(O)CC1CCN(c2ccc(Nc3nc(C4CCCCCC4)nc4c[n+](C5CN(CCOc6ccc(Nc7nc(N8CCCCCC8)nc8cn[nH]c(=O)c78)cc6)CCN5)[nH]c(=O)c34)cc2)CC1. The number of piperazine rings is 1. The van der Waals surface area contributed by atoms with E-state index in [-0.39, 0.29) is 35.5 Å². The molecule has 4 aliphatic rings. The van der Waals surface area contributed by atoms with Crippen LogP contribution in [0.2, 0.25) is 0 Å².